The highest BCUT2D eigenvalue weighted by molar-refractivity contribution is 6.12. The van der Waals surface area contributed by atoms with Crippen LogP contribution in [0.5, 0.6) is 0 Å². The number of alkyl halides is 3. The second-order valence-corrected chi connectivity index (χ2v) is 13.1. The molecule has 50 heavy (non-hydrogen) atoms. The van der Waals surface area contributed by atoms with E-state index in [2.05, 4.69) is 65.7 Å². The van der Waals surface area contributed by atoms with Crippen molar-refractivity contribution in [1.82, 2.24) is 9.13 Å². The minimum atomic E-state index is -4.61. The molecule has 0 saturated heterocycles. The summed E-state index contributed by atoms with van der Waals surface area (Å²) in [5.74, 6) is 0. The molecule has 0 radical (unpaired) electrons. The van der Waals surface area contributed by atoms with E-state index in [1.807, 2.05) is 66.9 Å². The van der Waals surface area contributed by atoms with Gasteiger partial charge in [0.1, 0.15) is 11.6 Å². The van der Waals surface area contributed by atoms with Crippen molar-refractivity contribution >= 4 is 49.3 Å². The van der Waals surface area contributed by atoms with Crippen molar-refractivity contribution in [3.8, 4) is 28.6 Å². The van der Waals surface area contributed by atoms with Gasteiger partial charge in [0, 0.05) is 27.1 Å². The van der Waals surface area contributed by atoms with Gasteiger partial charge in [0.05, 0.1) is 40.0 Å². The molecule has 0 aliphatic rings. The molecule has 0 saturated carbocycles. The van der Waals surface area contributed by atoms with Crippen molar-refractivity contribution in [2.45, 2.75) is 33.9 Å². The average Bonchev–Trinajstić information content (AvgIpc) is 3.57. The maximum absolute atomic E-state index is 13.8. The Morgan fingerprint density at radius 1 is 0.580 bits per heavy atom. The molecule has 2 heterocycles. The van der Waals surface area contributed by atoms with Crippen molar-refractivity contribution in [3.63, 3.8) is 0 Å². The van der Waals surface area contributed by atoms with Crippen LogP contribution in [0, 0.1) is 45.6 Å². The first-order chi connectivity index (χ1) is 24.0. The zero-order valence-corrected chi connectivity index (χ0v) is 27.7. The SMILES string of the molecule is [C-]#[N+]c1cc(C(F)(F)F)ccc1-c1ccc(-n2c3ccc(C)cc3c3cc(C)ccc32)c(C#N)c1-n1c2ccc(C)cc2c2cc(C)ccc21. The van der Waals surface area contributed by atoms with Gasteiger partial charge in [-0.15, -0.1) is 0 Å². The van der Waals surface area contributed by atoms with E-state index >= 15 is 0 Å². The zero-order valence-electron chi connectivity index (χ0n) is 27.7. The summed E-state index contributed by atoms with van der Waals surface area (Å²) in [6, 6.07) is 34.3. The van der Waals surface area contributed by atoms with Gasteiger partial charge in [-0.05, 0) is 99.5 Å². The Bertz CT molecular complexity index is 2700. The first-order valence-corrected chi connectivity index (χ1v) is 16.2. The highest BCUT2D eigenvalue weighted by Gasteiger charge is 2.32. The van der Waals surface area contributed by atoms with Crippen LogP contribution in [0.15, 0.2) is 103 Å². The molecule has 0 bridgehead atoms. The maximum Gasteiger partial charge on any atom is 0.415 e. The Balaban J connectivity index is 1.57. The fraction of sp³-hybridized carbons (Fsp3) is 0.116. The molecule has 0 amide bonds. The monoisotopic (exact) mass is 658 g/mol. The first kappa shape index (κ1) is 31.0. The molecule has 6 aromatic carbocycles. The Labute approximate surface area is 286 Å². The summed E-state index contributed by atoms with van der Waals surface area (Å²) in [5.41, 5.74) is 9.11. The Morgan fingerprint density at radius 3 is 1.44 bits per heavy atom. The average molecular weight is 659 g/mol. The Hall–Kier alpha value is -6.31. The Kier molecular flexibility index (Phi) is 6.89. The third kappa shape index (κ3) is 4.66. The predicted molar refractivity (Wildman–Crippen MR) is 195 cm³/mol. The van der Waals surface area contributed by atoms with E-state index in [1.165, 1.54) is 6.07 Å². The van der Waals surface area contributed by atoms with E-state index in [0.717, 1.165) is 78.0 Å². The molecule has 0 aliphatic carbocycles. The number of aryl methyl sites for hydroxylation is 4. The molecule has 0 atom stereocenters. The molecule has 2 aromatic heterocycles. The molecular formula is C43H29F3N4. The minimum absolute atomic E-state index is 0.145. The van der Waals surface area contributed by atoms with Crippen LogP contribution in [0.3, 0.4) is 0 Å². The molecular weight excluding hydrogens is 629 g/mol. The Morgan fingerprint density at radius 2 is 1.02 bits per heavy atom. The third-order valence-corrected chi connectivity index (χ3v) is 9.62. The zero-order chi connectivity index (χ0) is 35.1. The second-order valence-electron chi connectivity index (χ2n) is 13.1. The van der Waals surface area contributed by atoms with Crippen molar-refractivity contribution in [1.29, 1.82) is 5.26 Å². The number of hydrogen-bond acceptors (Lipinski definition) is 1. The first-order valence-electron chi connectivity index (χ1n) is 16.2. The summed E-state index contributed by atoms with van der Waals surface area (Å²) in [5, 5.41) is 15.3. The summed E-state index contributed by atoms with van der Waals surface area (Å²) in [6.45, 7) is 16.1. The van der Waals surface area contributed by atoms with Crippen LogP contribution < -0.4 is 0 Å². The lowest BCUT2D eigenvalue weighted by Gasteiger charge is -2.21. The van der Waals surface area contributed by atoms with Gasteiger partial charge in [-0.2, -0.15) is 18.4 Å². The number of fused-ring (bicyclic) bond motifs is 6. The number of aromatic nitrogens is 2. The standard InChI is InChI=1S/C43H29F3N4/c1-24-6-13-37-31(18-24)32-19-25(2)7-14-38(32)49(37)41-17-12-30(29-11-10-28(43(44,45)46)22-36(29)48-5)42(35(41)23-47)50-39-15-8-26(3)20-33(39)34-21-27(4)9-16-40(34)50/h6-22H,1-4H3. The smallest absolute Gasteiger partial charge is 0.308 e. The van der Waals surface area contributed by atoms with Crippen molar-refractivity contribution in [2.24, 2.45) is 0 Å². The van der Waals surface area contributed by atoms with Gasteiger partial charge in [-0.1, -0.05) is 64.7 Å². The molecule has 8 aromatic rings. The lowest BCUT2D eigenvalue weighted by Crippen LogP contribution is -2.07. The quantitative estimate of drug-likeness (QED) is 0.174. The lowest BCUT2D eigenvalue weighted by atomic mass is 9.95. The van der Waals surface area contributed by atoms with Crippen LogP contribution in [0.1, 0.15) is 33.4 Å². The highest BCUT2D eigenvalue weighted by Crippen LogP contribution is 2.45. The summed E-state index contributed by atoms with van der Waals surface area (Å²) >= 11 is 0. The molecule has 0 fully saturated rings. The van der Waals surface area contributed by atoms with E-state index in [9.17, 15) is 18.4 Å². The predicted octanol–water partition coefficient (Wildman–Crippen LogP) is 12.2. The van der Waals surface area contributed by atoms with Gasteiger partial charge < -0.3 is 9.13 Å². The van der Waals surface area contributed by atoms with Crippen molar-refractivity contribution < 1.29 is 13.2 Å². The number of nitriles is 1. The molecule has 7 heteroatoms. The maximum atomic E-state index is 13.8. The van der Waals surface area contributed by atoms with E-state index in [1.54, 1.807) is 0 Å². The fourth-order valence-electron chi connectivity index (χ4n) is 7.36. The fourth-order valence-corrected chi connectivity index (χ4v) is 7.36. The van der Waals surface area contributed by atoms with E-state index < -0.39 is 11.7 Å². The van der Waals surface area contributed by atoms with Crippen LogP contribution in [0.4, 0.5) is 18.9 Å². The van der Waals surface area contributed by atoms with Gasteiger partial charge in [0.15, 0.2) is 5.69 Å². The molecule has 0 N–H and O–H groups in total. The molecule has 0 spiro atoms. The largest absolute Gasteiger partial charge is 0.415 e. The van der Waals surface area contributed by atoms with Crippen LogP contribution in [-0.2, 0) is 6.18 Å². The van der Waals surface area contributed by atoms with Crippen LogP contribution in [-0.4, -0.2) is 9.13 Å². The van der Waals surface area contributed by atoms with E-state index in [-0.39, 0.29) is 5.69 Å². The lowest BCUT2D eigenvalue weighted by molar-refractivity contribution is -0.137. The normalized spacial score (nSPS) is 11.9. The minimum Gasteiger partial charge on any atom is -0.308 e. The molecule has 4 nitrogen and oxygen atoms in total. The number of benzene rings is 6. The van der Waals surface area contributed by atoms with Crippen LogP contribution in [0.25, 0.3) is 71.0 Å². The van der Waals surface area contributed by atoms with Crippen LogP contribution >= 0.6 is 0 Å². The van der Waals surface area contributed by atoms with Crippen LogP contribution in [0.2, 0.25) is 0 Å². The van der Waals surface area contributed by atoms with Gasteiger partial charge in [-0.25, -0.2) is 4.85 Å². The van der Waals surface area contributed by atoms with Crippen molar-refractivity contribution in [2.75, 3.05) is 0 Å². The number of halogens is 3. The molecule has 0 aliphatic heterocycles. The van der Waals surface area contributed by atoms with E-state index in [0.29, 0.717) is 28.1 Å². The molecule has 8 rings (SSSR count). The molecule has 0 unspecified atom stereocenters. The number of nitrogens with zero attached hydrogens (tertiary/aromatic N) is 4. The van der Waals surface area contributed by atoms with Gasteiger partial charge in [-0.3, -0.25) is 0 Å². The second kappa shape index (κ2) is 11.1. The topological polar surface area (TPSA) is 38.0 Å². The molecule has 242 valence electrons. The summed E-state index contributed by atoms with van der Waals surface area (Å²) < 4.78 is 45.6. The summed E-state index contributed by atoms with van der Waals surface area (Å²) in [7, 11) is 0. The van der Waals surface area contributed by atoms with Gasteiger partial charge in [0.25, 0.3) is 0 Å². The summed E-state index contributed by atoms with van der Waals surface area (Å²) in [4.78, 5) is 3.57. The highest BCUT2D eigenvalue weighted by atomic mass is 19.4. The summed E-state index contributed by atoms with van der Waals surface area (Å²) in [6.07, 6.45) is -4.61. The number of hydrogen-bond donors (Lipinski definition) is 0. The van der Waals surface area contributed by atoms with Crippen molar-refractivity contribution in [3.05, 3.63) is 148 Å². The van der Waals surface area contributed by atoms with E-state index in [4.69, 9.17) is 6.57 Å². The van der Waals surface area contributed by atoms with Gasteiger partial charge in [0.2, 0.25) is 0 Å². The third-order valence-electron chi connectivity index (χ3n) is 9.62. The number of rotatable bonds is 3. The van der Waals surface area contributed by atoms with Gasteiger partial charge >= 0.3 is 6.18 Å².